The van der Waals surface area contributed by atoms with Gasteiger partial charge in [-0.25, -0.2) is 4.79 Å². The molecule has 0 radical (unpaired) electrons. The first-order valence-electron chi connectivity index (χ1n) is 15.8. The Labute approximate surface area is 248 Å². The normalized spacial score (nSPS) is 29.3. The Hall–Kier alpha value is -3.55. The van der Waals surface area contributed by atoms with Gasteiger partial charge < -0.3 is 25.3 Å². The SMILES string of the molecule is Cc1ccc(NC(=O)CN2CN(c3ccccc3)C3(CCN(C(=O)NC45CC6CC(CC(C6)C4)C5)CC3)C2=O)cc1C. The van der Waals surface area contributed by atoms with E-state index in [0.29, 0.717) is 32.6 Å². The third-order valence-electron chi connectivity index (χ3n) is 11.0. The molecule has 2 heterocycles. The summed E-state index contributed by atoms with van der Waals surface area (Å²) in [6.45, 7) is 5.45. The fourth-order valence-corrected chi connectivity index (χ4v) is 9.16. The van der Waals surface area contributed by atoms with E-state index in [1.807, 2.05) is 67.3 Å². The zero-order valence-corrected chi connectivity index (χ0v) is 24.9. The van der Waals surface area contributed by atoms with Crippen LogP contribution in [0.25, 0.3) is 0 Å². The Morgan fingerprint density at radius 2 is 1.52 bits per heavy atom. The number of likely N-dealkylation sites (tertiary alicyclic amines) is 1. The van der Waals surface area contributed by atoms with Crippen molar-refractivity contribution in [1.29, 1.82) is 0 Å². The van der Waals surface area contributed by atoms with Crippen LogP contribution in [0.15, 0.2) is 48.5 Å². The summed E-state index contributed by atoms with van der Waals surface area (Å²) in [6, 6.07) is 15.9. The van der Waals surface area contributed by atoms with E-state index in [-0.39, 0.29) is 29.9 Å². The van der Waals surface area contributed by atoms with Crippen LogP contribution in [0.4, 0.5) is 16.2 Å². The lowest BCUT2D eigenvalue weighted by molar-refractivity contribution is -0.136. The molecular formula is C34H43N5O3. The molecule has 4 saturated carbocycles. The summed E-state index contributed by atoms with van der Waals surface area (Å²) in [5, 5.41) is 6.49. The first-order valence-corrected chi connectivity index (χ1v) is 15.8. The number of hydrogen-bond donors (Lipinski definition) is 2. The van der Waals surface area contributed by atoms with Crippen molar-refractivity contribution in [3.05, 3.63) is 59.7 Å². The summed E-state index contributed by atoms with van der Waals surface area (Å²) in [5.41, 5.74) is 3.19. The van der Waals surface area contributed by atoms with Crippen LogP contribution in [0, 0.1) is 31.6 Å². The van der Waals surface area contributed by atoms with E-state index in [0.717, 1.165) is 54.0 Å². The second kappa shape index (κ2) is 10.3. The topological polar surface area (TPSA) is 85.0 Å². The first kappa shape index (κ1) is 27.3. The van der Waals surface area contributed by atoms with Crippen LogP contribution in [-0.2, 0) is 9.59 Å². The number of rotatable bonds is 5. The van der Waals surface area contributed by atoms with Crippen molar-refractivity contribution in [1.82, 2.24) is 15.1 Å². The number of carbonyl (C=O) groups excluding carboxylic acids is 3. The summed E-state index contributed by atoms with van der Waals surface area (Å²) in [5.74, 6) is 2.09. The number of amides is 4. The number of nitrogens with one attached hydrogen (secondary N) is 2. The Kier molecular flexibility index (Phi) is 6.70. The fourth-order valence-electron chi connectivity index (χ4n) is 9.16. The molecule has 8 heteroatoms. The summed E-state index contributed by atoms with van der Waals surface area (Å²) in [7, 11) is 0. The molecule has 6 aliphatic rings. The van der Waals surface area contributed by atoms with E-state index in [9.17, 15) is 14.4 Å². The standard InChI is InChI=1S/C34H43N5O3/c1-23-8-9-28(14-24(23)2)35-30(40)21-38-22-39(29-6-4-3-5-7-29)34(31(38)41)10-12-37(13-11-34)32(42)36-33-18-25-15-26(19-33)17-27(16-25)20-33/h3-9,14,25-27H,10-13,15-22H2,1-2H3,(H,35,40)(H,36,42). The zero-order chi connectivity index (χ0) is 29.1. The average Bonchev–Trinajstić information content (AvgIpc) is 3.21. The third-order valence-corrected chi connectivity index (χ3v) is 11.0. The van der Waals surface area contributed by atoms with Gasteiger partial charge in [0.2, 0.25) is 5.91 Å². The van der Waals surface area contributed by atoms with Crippen molar-refractivity contribution in [3.8, 4) is 0 Å². The summed E-state index contributed by atoms with van der Waals surface area (Å²) >= 11 is 0. The van der Waals surface area contributed by atoms with Crippen molar-refractivity contribution in [2.24, 2.45) is 17.8 Å². The van der Waals surface area contributed by atoms with E-state index in [1.54, 1.807) is 4.90 Å². The van der Waals surface area contributed by atoms with E-state index >= 15 is 0 Å². The summed E-state index contributed by atoms with van der Waals surface area (Å²) in [6.07, 6.45) is 8.51. The maximum Gasteiger partial charge on any atom is 0.317 e. The number of anilines is 2. The second-order valence-electron chi connectivity index (χ2n) is 13.9. The number of hydrogen-bond acceptors (Lipinski definition) is 4. The smallest absolute Gasteiger partial charge is 0.317 e. The number of nitrogens with zero attached hydrogens (tertiary/aromatic N) is 3. The predicted molar refractivity (Wildman–Crippen MR) is 163 cm³/mol. The van der Waals surface area contributed by atoms with Crippen molar-refractivity contribution >= 4 is 29.2 Å². The first-order chi connectivity index (χ1) is 20.2. The minimum Gasteiger partial charge on any atom is -0.339 e. The monoisotopic (exact) mass is 569 g/mol. The molecule has 2 aromatic rings. The molecule has 6 fully saturated rings. The van der Waals surface area contributed by atoms with Gasteiger partial charge in [-0.2, -0.15) is 0 Å². The molecule has 4 aliphatic carbocycles. The zero-order valence-electron chi connectivity index (χ0n) is 24.9. The number of carbonyl (C=O) groups is 3. The Morgan fingerprint density at radius 3 is 2.14 bits per heavy atom. The average molecular weight is 570 g/mol. The minimum atomic E-state index is -0.764. The number of piperidine rings is 1. The molecule has 0 aromatic heterocycles. The van der Waals surface area contributed by atoms with Crippen LogP contribution >= 0.6 is 0 Å². The molecule has 2 saturated heterocycles. The molecular weight excluding hydrogens is 526 g/mol. The maximum atomic E-state index is 14.1. The van der Waals surface area contributed by atoms with Crippen LogP contribution in [0.3, 0.4) is 0 Å². The lowest BCUT2D eigenvalue weighted by Crippen LogP contribution is -2.64. The van der Waals surface area contributed by atoms with Gasteiger partial charge in [0, 0.05) is 30.0 Å². The van der Waals surface area contributed by atoms with Gasteiger partial charge in [0.15, 0.2) is 0 Å². The van der Waals surface area contributed by atoms with Crippen molar-refractivity contribution < 1.29 is 14.4 Å². The van der Waals surface area contributed by atoms with Gasteiger partial charge in [-0.1, -0.05) is 24.3 Å². The van der Waals surface area contributed by atoms with Crippen molar-refractivity contribution in [2.75, 3.05) is 36.5 Å². The number of benzene rings is 2. The molecule has 2 N–H and O–H groups in total. The van der Waals surface area contributed by atoms with Gasteiger partial charge in [0.1, 0.15) is 12.1 Å². The van der Waals surface area contributed by atoms with Crippen LogP contribution in [0.2, 0.25) is 0 Å². The van der Waals surface area contributed by atoms with Crippen molar-refractivity contribution in [3.63, 3.8) is 0 Å². The highest BCUT2D eigenvalue weighted by Crippen LogP contribution is 2.55. The number of para-hydroxylation sites is 1. The van der Waals surface area contributed by atoms with Crippen LogP contribution in [-0.4, -0.2) is 65.0 Å². The summed E-state index contributed by atoms with van der Waals surface area (Å²) in [4.78, 5) is 46.6. The molecule has 42 heavy (non-hydrogen) atoms. The lowest BCUT2D eigenvalue weighted by Gasteiger charge is -2.57. The van der Waals surface area contributed by atoms with Gasteiger partial charge in [-0.3, -0.25) is 9.59 Å². The number of aryl methyl sites for hydroxylation is 2. The van der Waals surface area contributed by atoms with E-state index < -0.39 is 5.54 Å². The highest BCUT2D eigenvalue weighted by molar-refractivity contribution is 5.99. The molecule has 4 bridgehead atoms. The molecule has 222 valence electrons. The van der Waals surface area contributed by atoms with Crippen molar-refractivity contribution in [2.45, 2.75) is 76.3 Å². The molecule has 1 spiro atoms. The molecule has 8 rings (SSSR count). The van der Waals surface area contributed by atoms with Gasteiger partial charge in [0.25, 0.3) is 5.91 Å². The molecule has 2 aliphatic heterocycles. The fraction of sp³-hybridized carbons (Fsp3) is 0.559. The molecule has 8 nitrogen and oxygen atoms in total. The molecule has 0 unspecified atom stereocenters. The second-order valence-corrected chi connectivity index (χ2v) is 13.9. The molecule has 0 atom stereocenters. The third kappa shape index (κ3) is 4.82. The molecule has 4 amide bonds. The highest BCUT2D eigenvalue weighted by Gasteiger charge is 2.55. The quantitative estimate of drug-likeness (QED) is 0.527. The van der Waals surface area contributed by atoms with Gasteiger partial charge in [-0.05, 0) is 118 Å². The Bertz CT molecular complexity index is 1350. The van der Waals surface area contributed by atoms with Crippen LogP contribution in [0.5, 0.6) is 0 Å². The molecule has 2 aromatic carbocycles. The van der Waals surface area contributed by atoms with Crippen LogP contribution < -0.4 is 15.5 Å². The van der Waals surface area contributed by atoms with Gasteiger partial charge in [0.05, 0.1) is 6.67 Å². The Morgan fingerprint density at radius 1 is 0.881 bits per heavy atom. The maximum absolute atomic E-state index is 14.1. The predicted octanol–water partition coefficient (Wildman–Crippen LogP) is 5.06. The minimum absolute atomic E-state index is 0.00688. The largest absolute Gasteiger partial charge is 0.339 e. The van der Waals surface area contributed by atoms with Gasteiger partial charge >= 0.3 is 6.03 Å². The van der Waals surface area contributed by atoms with Crippen LogP contribution in [0.1, 0.15) is 62.5 Å². The van der Waals surface area contributed by atoms with E-state index in [1.165, 1.54) is 24.8 Å². The lowest BCUT2D eigenvalue weighted by atomic mass is 9.53. The summed E-state index contributed by atoms with van der Waals surface area (Å²) < 4.78 is 0. The van der Waals surface area contributed by atoms with E-state index in [4.69, 9.17) is 0 Å². The van der Waals surface area contributed by atoms with E-state index in [2.05, 4.69) is 15.5 Å². The van der Waals surface area contributed by atoms with Gasteiger partial charge in [-0.15, -0.1) is 0 Å². The highest BCUT2D eigenvalue weighted by atomic mass is 16.2. The number of urea groups is 1. The Balaban J connectivity index is 1.04.